The summed E-state index contributed by atoms with van der Waals surface area (Å²) in [4.78, 5) is 13.9. The van der Waals surface area contributed by atoms with E-state index in [1.807, 2.05) is 0 Å². The molecule has 2 aliphatic carbocycles. The van der Waals surface area contributed by atoms with Gasteiger partial charge in [0.15, 0.2) is 0 Å². The standard InChI is InChI=1S/C16H30N2O3/c1-17-16(15(19)20)8-3-4-14(16)7-9-18(2)10-11-21-12-13-5-6-13/h13-14,17H,3-12H2,1-2H3,(H,19,20). The summed E-state index contributed by atoms with van der Waals surface area (Å²) in [6.45, 7) is 3.57. The van der Waals surface area contributed by atoms with E-state index < -0.39 is 11.5 Å². The molecule has 2 unspecified atom stereocenters. The molecule has 2 fully saturated rings. The van der Waals surface area contributed by atoms with Crippen LogP contribution in [0.1, 0.15) is 38.5 Å². The van der Waals surface area contributed by atoms with Crippen LogP contribution < -0.4 is 5.32 Å². The molecule has 2 saturated carbocycles. The van der Waals surface area contributed by atoms with E-state index in [-0.39, 0.29) is 5.92 Å². The molecule has 0 aliphatic heterocycles. The molecule has 0 bridgehead atoms. The average Bonchev–Trinajstić information content (AvgIpc) is 3.19. The SMILES string of the molecule is CNC1(C(=O)O)CCCC1CCN(C)CCOCC1CC1. The van der Waals surface area contributed by atoms with Crippen LogP contribution in [0.5, 0.6) is 0 Å². The summed E-state index contributed by atoms with van der Waals surface area (Å²) in [7, 11) is 3.87. The van der Waals surface area contributed by atoms with Crippen molar-refractivity contribution in [3.8, 4) is 0 Å². The second-order valence-electron chi connectivity index (χ2n) is 6.73. The molecule has 2 atom stereocenters. The molecule has 0 radical (unpaired) electrons. The van der Waals surface area contributed by atoms with E-state index in [0.717, 1.165) is 57.9 Å². The Hall–Kier alpha value is -0.650. The third kappa shape index (κ3) is 4.41. The number of aliphatic carboxylic acids is 1. The first-order chi connectivity index (χ1) is 10.1. The zero-order chi connectivity index (χ0) is 15.3. The van der Waals surface area contributed by atoms with Crippen LogP contribution in [0.4, 0.5) is 0 Å². The number of hydrogen-bond donors (Lipinski definition) is 2. The Balaban J connectivity index is 1.66. The molecular formula is C16H30N2O3. The summed E-state index contributed by atoms with van der Waals surface area (Å²) in [5, 5.41) is 12.6. The molecule has 0 aromatic rings. The number of carbonyl (C=O) groups is 1. The van der Waals surface area contributed by atoms with Gasteiger partial charge in [-0.15, -0.1) is 0 Å². The monoisotopic (exact) mass is 298 g/mol. The fourth-order valence-electron chi connectivity index (χ4n) is 3.43. The Bertz CT molecular complexity index is 346. The van der Waals surface area contributed by atoms with Crippen molar-refractivity contribution in [3.63, 3.8) is 0 Å². The van der Waals surface area contributed by atoms with Crippen molar-refractivity contribution in [2.24, 2.45) is 11.8 Å². The average molecular weight is 298 g/mol. The number of carboxylic acid groups (broad SMARTS) is 1. The van der Waals surface area contributed by atoms with Crippen LogP contribution in [0.3, 0.4) is 0 Å². The zero-order valence-corrected chi connectivity index (χ0v) is 13.4. The lowest BCUT2D eigenvalue weighted by Gasteiger charge is -2.32. The maximum Gasteiger partial charge on any atom is 0.324 e. The summed E-state index contributed by atoms with van der Waals surface area (Å²) in [6, 6.07) is 0. The second-order valence-corrected chi connectivity index (χ2v) is 6.73. The Morgan fingerprint density at radius 2 is 2.14 bits per heavy atom. The first-order valence-electron chi connectivity index (χ1n) is 8.27. The number of ether oxygens (including phenoxy) is 1. The van der Waals surface area contributed by atoms with E-state index in [4.69, 9.17) is 4.74 Å². The summed E-state index contributed by atoms with van der Waals surface area (Å²) >= 11 is 0. The van der Waals surface area contributed by atoms with Crippen LogP contribution in [0.15, 0.2) is 0 Å². The minimum Gasteiger partial charge on any atom is -0.480 e. The highest BCUT2D eigenvalue weighted by Crippen LogP contribution is 2.38. The predicted molar refractivity (Wildman–Crippen MR) is 82.4 cm³/mol. The van der Waals surface area contributed by atoms with Gasteiger partial charge in [0.1, 0.15) is 5.54 Å². The number of nitrogens with one attached hydrogen (secondary N) is 1. The molecule has 5 nitrogen and oxygen atoms in total. The van der Waals surface area contributed by atoms with Crippen LogP contribution in [0.25, 0.3) is 0 Å². The quantitative estimate of drug-likeness (QED) is 0.600. The predicted octanol–water partition coefficient (Wildman–Crippen LogP) is 1.58. The number of hydrogen-bond acceptors (Lipinski definition) is 4. The van der Waals surface area contributed by atoms with E-state index in [1.165, 1.54) is 12.8 Å². The molecule has 2 aliphatic rings. The Labute approximate surface area is 128 Å². The number of rotatable bonds is 10. The Morgan fingerprint density at radius 3 is 2.76 bits per heavy atom. The molecular weight excluding hydrogens is 268 g/mol. The van der Waals surface area contributed by atoms with E-state index in [0.29, 0.717) is 0 Å². The summed E-state index contributed by atoms with van der Waals surface area (Å²) in [5.74, 6) is 0.360. The van der Waals surface area contributed by atoms with Gasteiger partial charge in [-0.05, 0) is 64.6 Å². The Morgan fingerprint density at radius 1 is 1.38 bits per heavy atom. The lowest BCUT2D eigenvalue weighted by atomic mass is 9.84. The minimum absolute atomic E-state index is 0.231. The van der Waals surface area contributed by atoms with Crippen LogP contribution >= 0.6 is 0 Å². The van der Waals surface area contributed by atoms with Crippen molar-refractivity contribution >= 4 is 5.97 Å². The van der Waals surface area contributed by atoms with Gasteiger partial charge in [-0.2, -0.15) is 0 Å². The molecule has 0 heterocycles. The highest BCUT2D eigenvalue weighted by molar-refractivity contribution is 5.79. The fraction of sp³-hybridized carbons (Fsp3) is 0.938. The molecule has 2 N–H and O–H groups in total. The molecule has 2 rings (SSSR count). The first-order valence-corrected chi connectivity index (χ1v) is 8.27. The number of carboxylic acids is 1. The molecule has 0 aromatic heterocycles. The van der Waals surface area contributed by atoms with Gasteiger partial charge in [0.05, 0.1) is 6.61 Å². The largest absolute Gasteiger partial charge is 0.480 e. The molecule has 0 aromatic carbocycles. The van der Waals surface area contributed by atoms with Crippen molar-refractivity contribution in [1.29, 1.82) is 0 Å². The van der Waals surface area contributed by atoms with Gasteiger partial charge in [-0.25, -0.2) is 0 Å². The van der Waals surface area contributed by atoms with E-state index in [9.17, 15) is 9.90 Å². The minimum atomic E-state index is -0.705. The lowest BCUT2D eigenvalue weighted by Crippen LogP contribution is -2.53. The van der Waals surface area contributed by atoms with Gasteiger partial charge in [0.25, 0.3) is 0 Å². The molecule has 122 valence electrons. The highest BCUT2D eigenvalue weighted by atomic mass is 16.5. The van der Waals surface area contributed by atoms with E-state index >= 15 is 0 Å². The highest BCUT2D eigenvalue weighted by Gasteiger charge is 2.47. The van der Waals surface area contributed by atoms with Crippen molar-refractivity contribution in [1.82, 2.24) is 10.2 Å². The lowest BCUT2D eigenvalue weighted by molar-refractivity contribution is -0.146. The van der Waals surface area contributed by atoms with Gasteiger partial charge >= 0.3 is 5.97 Å². The zero-order valence-electron chi connectivity index (χ0n) is 13.4. The smallest absolute Gasteiger partial charge is 0.324 e. The molecule has 0 saturated heterocycles. The van der Waals surface area contributed by atoms with Crippen LogP contribution in [-0.4, -0.2) is 61.9 Å². The van der Waals surface area contributed by atoms with Gasteiger partial charge < -0.3 is 20.1 Å². The maximum absolute atomic E-state index is 11.6. The van der Waals surface area contributed by atoms with E-state index in [1.54, 1.807) is 7.05 Å². The molecule has 0 spiro atoms. The van der Waals surface area contributed by atoms with Crippen molar-refractivity contribution in [3.05, 3.63) is 0 Å². The fourth-order valence-corrected chi connectivity index (χ4v) is 3.43. The second kappa shape index (κ2) is 7.56. The van der Waals surface area contributed by atoms with Gasteiger partial charge in [0.2, 0.25) is 0 Å². The number of nitrogens with zero attached hydrogens (tertiary/aromatic N) is 1. The Kier molecular flexibility index (Phi) is 6.02. The van der Waals surface area contributed by atoms with Crippen molar-refractivity contribution in [2.75, 3.05) is 40.4 Å². The maximum atomic E-state index is 11.6. The summed E-state index contributed by atoms with van der Waals surface area (Å²) in [5.41, 5.74) is -0.705. The van der Waals surface area contributed by atoms with Crippen LogP contribution in [0.2, 0.25) is 0 Å². The van der Waals surface area contributed by atoms with Crippen LogP contribution in [-0.2, 0) is 9.53 Å². The van der Waals surface area contributed by atoms with Crippen LogP contribution in [0, 0.1) is 11.8 Å². The topological polar surface area (TPSA) is 61.8 Å². The first kappa shape index (κ1) is 16.7. The number of likely N-dealkylation sites (N-methyl/N-ethyl adjacent to an activating group) is 2. The van der Waals surface area contributed by atoms with Gasteiger partial charge in [0, 0.05) is 13.2 Å². The van der Waals surface area contributed by atoms with E-state index in [2.05, 4.69) is 17.3 Å². The third-order valence-electron chi connectivity index (χ3n) is 5.18. The van der Waals surface area contributed by atoms with Gasteiger partial charge in [-0.1, -0.05) is 6.42 Å². The van der Waals surface area contributed by atoms with Gasteiger partial charge in [-0.3, -0.25) is 4.79 Å². The summed E-state index contributed by atoms with van der Waals surface area (Å²) < 4.78 is 5.65. The summed E-state index contributed by atoms with van der Waals surface area (Å²) in [6.07, 6.45) is 6.37. The van der Waals surface area contributed by atoms with Crippen molar-refractivity contribution in [2.45, 2.75) is 44.1 Å². The molecule has 21 heavy (non-hydrogen) atoms. The normalized spacial score (nSPS) is 29.2. The van der Waals surface area contributed by atoms with Crippen molar-refractivity contribution < 1.29 is 14.6 Å². The molecule has 5 heteroatoms. The third-order valence-corrected chi connectivity index (χ3v) is 5.18. The molecule has 0 amide bonds.